The van der Waals surface area contributed by atoms with Gasteiger partial charge in [0.1, 0.15) is 5.75 Å². The van der Waals surface area contributed by atoms with Crippen molar-refractivity contribution in [3.63, 3.8) is 0 Å². The number of hydrogen-bond acceptors (Lipinski definition) is 4. The number of carbonyl (C=O) groups excluding carboxylic acids is 1. The Labute approximate surface area is 141 Å². The normalized spacial score (nSPS) is 10.1. The van der Waals surface area contributed by atoms with Crippen LogP contribution in [0.2, 0.25) is 0 Å². The lowest BCUT2D eigenvalue weighted by Crippen LogP contribution is -2.13. The van der Waals surface area contributed by atoms with Crippen molar-refractivity contribution in [1.29, 1.82) is 0 Å². The van der Waals surface area contributed by atoms with Gasteiger partial charge in [-0.25, -0.2) is 0 Å². The standard InChI is InChI=1S/C16H15BrN2O4/c17-14-9-8-12(19(21)22)11-15(14)18-16(20)7-4-10-23-13-5-2-1-3-6-13/h1-3,5-6,8-9,11H,4,7,10H2,(H,18,20). The van der Waals surface area contributed by atoms with Gasteiger partial charge in [-0.15, -0.1) is 0 Å². The van der Waals surface area contributed by atoms with Crippen molar-refractivity contribution < 1.29 is 14.5 Å². The third kappa shape index (κ3) is 5.37. The third-order valence-corrected chi connectivity index (χ3v) is 3.69. The number of nitrogens with zero attached hydrogens (tertiary/aromatic N) is 1. The molecule has 0 aliphatic heterocycles. The molecule has 1 N–H and O–H groups in total. The van der Waals surface area contributed by atoms with E-state index in [1.807, 2.05) is 30.3 Å². The van der Waals surface area contributed by atoms with Crippen molar-refractivity contribution in [2.45, 2.75) is 12.8 Å². The van der Waals surface area contributed by atoms with Gasteiger partial charge in [-0.3, -0.25) is 14.9 Å². The van der Waals surface area contributed by atoms with E-state index in [9.17, 15) is 14.9 Å². The lowest BCUT2D eigenvalue weighted by atomic mass is 10.2. The SMILES string of the molecule is O=C(CCCOc1ccccc1)Nc1cc([N+](=O)[O-])ccc1Br. The van der Waals surface area contributed by atoms with Gasteiger partial charge in [-0.2, -0.15) is 0 Å². The fourth-order valence-electron chi connectivity index (χ4n) is 1.87. The molecule has 0 unspecified atom stereocenters. The van der Waals surface area contributed by atoms with Gasteiger partial charge in [0.05, 0.1) is 17.2 Å². The number of hydrogen-bond donors (Lipinski definition) is 1. The van der Waals surface area contributed by atoms with Gasteiger partial charge in [0.15, 0.2) is 0 Å². The highest BCUT2D eigenvalue weighted by atomic mass is 79.9. The zero-order valence-corrected chi connectivity index (χ0v) is 13.8. The molecule has 2 aromatic rings. The second-order valence-corrected chi connectivity index (χ2v) is 5.59. The Balaban J connectivity index is 1.81. The van der Waals surface area contributed by atoms with Crippen molar-refractivity contribution in [2.75, 3.05) is 11.9 Å². The van der Waals surface area contributed by atoms with Crippen LogP contribution in [0.4, 0.5) is 11.4 Å². The fraction of sp³-hybridized carbons (Fsp3) is 0.188. The molecule has 0 aromatic heterocycles. The number of nitrogens with one attached hydrogen (secondary N) is 1. The topological polar surface area (TPSA) is 81.5 Å². The summed E-state index contributed by atoms with van der Waals surface area (Å²) in [5.41, 5.74) is 0.309. The quantitative estimate of drug-likeness (QED) is 0.445. The summed E-state index contributed by atoms with van der Waals surface area (Å²) < 4.78 is 6.10. The van der Waals surface area contributed by atoms with E-state index in [1.165, 1.54) is 18.2 Å². The van der Waals surface area contributed by atoms with Gasteiger partial charge >= 0.3 is 0 Å². The molecule has 2 rings (SSSR count). The number of benzene rings is 2. The van der Waals surface area contributed by atoms with Crippen molar-refractivity contribution in [1.82, 2.24) is 0 Å². The number of anilines is 1. The van der Waals surface area contributed by atoms with Crippen LogP contribution in [0.25, 0.3) is 0 Å². The van der Waals surface area contributed by atoms with Crippen LogP contribution in [-0.2, 0) is 4.79 Å². The summed E-state index contributed by atoms with van der Waals surface area (Å²) in [6.07, 6.45) is 0.815. The molecule has 6 nitrogen and oxygen atoms in total. The number of nitro benzene ring substituents is 1. The zero-order chi connectivity index (χ0) is 16.7. The first-order valence-electron chi connectivity index (χ1n) is 6.98. The summed E-state index contributed by atoms with van der Waals surface area (Å²) in [5, 5.41) is 13.4. The Morgan fingerprint density at radius 2 is 1.96 bits per heavy atom. The molecule has 0 saturated heterocycles. The van der Waals surface area contributed by atoms with Crippen molar-refractivity contribution in [3.05, 3.63) is 63.1 Å². The Morgan fingerprint density at radius 3 is 2.65 bits per heavy atom. The number of carbonyl (C=O) groups is 1. The van der Waals surface area contributed by atoms with Gasteiger partial charge < -0.3 is 10.1 Å². The molecule has 2 aromatic carbocycles. The van der Waals surface area contributed by atoms with Crippen LogP contribution >= 0.6 is 15.9 Å². The minimum atomic E-state index is -0.504. The van der Waals surface area contributed by atoms with E-state index < -0.39 is 4.92 Å². The molecule has 0 fully saturated rings. The maximum atomic E-state index is 11.9. The Hall–Kier alpha value is -2.41. The van der Waals surface area contributed by atoms with Crippen LogP contribution in [0.5, 0.6) is 5.75 Å². The van der Waals surface area contributed by atoms with Gasteiger partial charge in [0.2, 0.25) is 5.91 Å². The Bertz CT molecular complexity index is 692. The molecule has 0 aliphatic carbocycles. The average molecular weight is 379 g/mol. The Kier molecular flexibility index (Phi) is 6.10. The number of ether oxygens (including phenoxy) is 1. The fourth-order valence-corrected chi connectivity index (χ4v) is 2.22. The molecule has 0 atom stereocenters. The molecule has 23 heavy (non-hydrogen) atoms. The lowest BCUT2D eigenvalue weighted by molar-refractivity contribution is -0.384. The monoisotopic (exact) mass is 378 g/mol. The summed E-state index contributed by atoms with van der Waals surface area (Å²) in [6.45, 7) is 0.424. The van der Waals surface area contributed by atoms with E-state index >= 15 is 0 Å². The van der Waals surface area contributed by atoms with Crippen LogP contribution in [0.15, 0.2) is 53.0 Å². The van der Waals surface area contributed by atoms with Gasteiger partial charge in [0.25, 0.3) is 5.69 Å². The maximum absolute atomic E-state index is 11.9. The molecule has 0 spiro atoms. The summed E-state index contributed by atoms with van der Waals surface area (Å²) in [4.78, 5) is 22.2. The van der Waals surface area contributed by atoms with E-state index in [1.54, 1.807) is 0 Å². The van der Waals surface area contributed by atoms with Gasteiger partial charge in [-0.05, 0) is 40.5 Å². The van der Waals surface area contributed by atoms with Gasteiger partial charge in [0, 0.05) is 23.0 Å². The third-order valence-electron chi connectivity index (χ3n) is 2.99. The smallest absolute Gasteiger partial charge is 0.271 e. The van der Waals surface area contributed by atoms with Crippen LogP contribution in [0.3, 0.4) is 0 Å². The summed E-state index contributed by atoms with van der Waals surface area (Å²) in [7, 11) is 0. The highest BCUT2D eigenvalue weighted by molar-refractivity contribution is 9.10. The number of rotatable bonds is 7. The van der Waals surface area contributed by atoms with Crippen molar-refractivity contribution in [3.8, 4) is 5.75 Å². The molecule has 0 heterocycles. The van der Waals surface area contributed by atoms with E-state index in [4.69, 9.17) is 4.74 Å². The second-order valence-electron chi connectivity index (χ2n) is 4.73. The molecule has 120 valence electrons. The highest BCUT2D eigenvalue weighted by Gasteiger charge is 2.11. The van der Waals surface area contributed by atoms with E-state index in [2.05, 4.69) is 21.2 Å². The molecule has 0 radical (unpaired) electrons. The maximum Gasteiger partial charge on any atom is 0.271 e. The molecule has 7 heteroatoms. The van der Waals surface area contributed by atoms with Crippen LogP contribution in [-0.4, -0.2) is 17.4 Å². The molecule has 0 aliphatic rings. The van der Waals surface area contributed by atoms with Crippen LogP contribution in [0.1, 0.15) is 12.8 Å². The number of halogens is 1. The van der Waals surface area contributed by atoms with E-state index in [0.717, 1.165) is 5.75 Å². The minimum Gasteiger partial charge on any atom is -0.494 e. The first kappa shape index (κ1) is 17.0. The summed E-state index contributed by atoms with van der Waals surface area (Å²) in [5.74, 6) is 0.539. The number of nitro groups is 1. The van der Waals surface area contributed by atoms with Crippen molar-refractivity contribution >= 4 is 33.2 Å². The average Bonchev–Trinajstić information content (AvgIpc) is 2.54. The lowest BCUT2D eigenvalue weighted by Gasteiger charge is -2.08. The molecular weight excluding hydrogens is 364 g/mol. The van der Waals surface area contributed by atoms with Crippen LogP contribution < -0.4 is 10.1 Å². The largest absolute Gasteiger partial charge is 0.494 e. The first-order chi connectivity index (χ1) is 11.1. The minimum absolute atomic E-state index is 0.0732. The zero-order valence-electron chi connectivity index (χ0n) is 12.2. The molecule has 0 saturated carbocycles. The number of non-ortho nitro benzene ring substituents is 1. The predicted molar refractivity (Wildman–Crippen MR) is 90.6 cm³/mol. The first-order valence-corrected chi connectivity index (χ1v) is 7.77. The molecule has 0 bridgehead atoms. The van der Waals surface area contributed by atoms with E-state index in [-0.39, 0.29) is 18.0 Å². The number of para-hydroxylation sites is 1. The molecular formula is C16H15BrN2O4. The molecule has 1 amide bonds. The second kappa shape index (κ2) is 8.28. The highest BCUT2D eigenvalue weighted by Crippen LogP contribution is 2.27. The Morgan fingerprint density at radius 1 is 1.22 bits per heavy atom. The van der Waals surface area contributed by atoms with E-state index in [0.29, 0.717) is 23.2 Å². The van der Waals surface area contributed by atoms with Crippen LogP contribution in [0, 0.1) is 10.1 Å². The predicted octanol–water partition coefficient (Wildman–Crippen LogP) is 4.16. The summed E-state index contributed by atoms with van der Waals surface area (Å²) in [6, 6.07) is 13.6. The van der Waals surface area contributed by atoms with Crippen molar-refractivity contribution in [2.24, 2.45) is 0 Å². The van der Waals surface area contributed by atoms with Gasteiger partial charge in [-0.1, -0.05) is 18.2 Å². The number of amides is 1. The summed E-state index contributed by atoms with van der Waals surface area (Å²) >= 11 is 3.26.